The summed E-state index contributed by atoms with van der Waals surface area (Å²) >= 11 is 0. The Hall–Kier alpha value is -2.73. The molecule has 2 aromatic rings. The second-order valence-electron chi connectivity index (χ2n) is 5.61. The lowest BCUT2D eigenvalue weighted by molar-refractivity contribution is -0.119. The van der Waals surface area contributed by atoms with Crippen molar-refractivity contribution in [3.63, 3.8) is 0 Å². The molecule has 0 spiro atoms. The van der Waals surface area contributed by atoms with Crippen molar-refractivity contribution < 1.29 is 19.0 Å². The minimum Gasteiger partial charge on any atom is -0.497 e. The average molecular weight is 344 g/mol. The van der Waals surface area contributed by atoms with Crippen molar-refractivity contribution >= 4 is 5.91 Å². The van der Waals surface area contributed by atoms with Crippen LogP contribution in [-0.2, 0) is 11.3 Å². The summed E-state index contributed by atoms with van der Waals surface area (Å²) in [6.07, 6.45) is 0. The number of hydrogen-bond donors (Lipinski definition) is 2. The van der Waals surface area contributed by atoms with Crippen LogP contribution in [0.4, 0.5) is 0 Å². The van der Waals surface area contributed by atoms with Crippen LogP contribution in [0.2, 0.25) is 0 Å². The molecule has 0 aromatic heterocycles. The highest BCUT2D eigenvalue weighted by Gasteiger charge is 2.12. The van der Waals surface area contributed by atoms with Gasteiger partial charge in [0, 0.05) is 18.2 Å². The number of primary amides is 1. The molecule has 0 aliphatic heterocycles. The molecular weight excluding hydrogens is 320 g/mol. The molecule has 0 saturated carbocycles. The van der Waals surface area contributed by atoms with E-state index in [9.17, 15) is 4.79 Å². The highest BCUT2D eigenvalue weighted by molar-refractivity contribution is 5.75. The Morgan fingerprint density at radius 1 is 1.08 bits per heavy atom. The third kappa shape index (κ3) is 5.39. The largest absolute Gasteiger partial charge is 0.497 e. The van der Waals surface area contributed by atoms with Gasteiger partial charge in [0.05, 0.1) is 14.2 Å². The molecule has 0 radical (unpaired) electrons. The first-order chi connectivity index (χ1) is 12.0. The smallest absolute Gasteiger partial charge is 0.255 e. The van der Waals surface area contributed by atoms with E-state index in [2.05, 4.69) is 12.2 Å². The molecular formula is C19H24N2O4. The molecule has 1 amide bonds. The second-order valence-corrected chi connectivity index (χ2v) is 5.61. The zero-order valence-corrected chi connectivity index (χ0v) is 14.7. The van der Waals surface area contributed by atoms with Crippen LogP contribution >= 0.6 is 0 Å². The second kappa shape index (κ2) is 8.94. The molecule has 0 aliphatic rings. The first kappa shape index (κ1) is 18.6. The Bertz CT molecular complexity index is 701. The number of nitrogens with one attached hydrogen (secondary N) is 1. The summed E-state index contributed by atoms with van der Waals surface area (Å²) in [6, 6.07) is 13.3. The molecule has 3 N–H and O–H groups in total. The van der Waals surface area contributed by atoms with Gasteiger partial charge in [-0.15, -0.1) is 0 Å². The fourth-order valence-electron chi connectivity index (χ4n) is 2.42. The number of carbonyl (C=O) groups is 1. The van der Waals surface area contributed by atoms with Gasteiger partial charge >= 0.3 is 0 Å². The molecule has 0 bridgehead atoms. The lowest BCUT2D eigenvalue weighted by Crippen LogP contribution is -2.20. The summed E-state index contributed by atoms with van der Waals surface area (Å²) in [5.41, 5.74) is 7.19. The molecule has 1 unspecified atom stereocenters. The van der Waals surface area contributed by atoms with E-state index in [-0.39, 0.29) is 12.6 Å². The summed E-state index contributed by atoms with van der Waals surface area (Å²) in [5.74, 6) is 1.73. The van der Waals surface area contributed by atoms with E-state index < -0.39 is 5.91 Å². The van der Waals surface area contributed by atoms with Crippen LogP contribution in [0.3, 0.4) is 0 Å². The van der Waals surface area contributed by atoms with Gasteiger partial charge in [-0.3, -0.25) is 4.79 Å². The number of carbonyl (C=O) groups excluding carboxylic acids is 1. The highest BCUT2D eigenvalue weighted by Crippen LogP contribution is 2.29. The van der Waals surface area contributed by atoms with E-state index in [1.807, 2.05) is 42.5 Å². The minimum absolute atomic E-state index is 0.0795. The van der Waals surface area contributed by atoms with Crippen molar-refractivity contribution in [2.45, 2.75) is 19.5 Å². The standard InChI is InChI=1S/C19H24N2O4/c1-13(17-10-16(23-2)8-9-18(17)24-3)21-11-14-4-6-15(7-5-14)25-12-19(20)22/h4-10,13,21H,11-12H2,1-3H3,(H2,20,22). The lowest BCUT2D eigenvalue weighted by Gasteiger charge is -2.18. The van der Waals surface area contributed by atoms with Gasteiger partial charge in [0.15, 0.2) is 6.61 Å². The fourth-order valence-corrected chi connectivity index (χ4v) is 2.42. The number of amides is 1. The van der Waals surface area contributed by atoms with Crippen LogP contribution in [0, 0.1) is 0 Å². The Morgan fingerprint density at radius 3 is 2.36 bits per heavy atom. The van der Waals surface area contributed by atoms with Gasteiger partial charge in [-0.1, -0.05) is 12.1 Å². The predicted molar refractivity (Wildman–Crippen MR) is 95.9 cm³/mol. The maximum atomic E-state index is 10.7. The molecule has 1 atom stereocenters. The predicted octanol–water partition coefficient (Wildman–Crippen LogP) is 2.42. The molecule has 6 nitrogen and oxygen atoms in total. The van der Waals surface area contributed by atoms with Gasteiger partial charge in [-0.25, -0.2) is 0 Å². The lowest BCUT2D eigenvalue weighted by atomic mass is 10.1. The van der Waals surface area contributed by atoms with Crippen LogP contribution < -0.4 is 25.3 Å². The molecule has 0 aliphatic carbocycles. The maximum absolute atomic E-state index is 10.7. The molecule has 0 saturated heterocycles. The van der Waals surface area contributed by atoms with Crippen LogP contribution in [0.25, 0.3) is 0 Å². The molecule has 2 rings (SSSR count). The van der Waals surface area contributed by atoms with Gasteiger partial charge in [0.2, 0.25) is 0 Å². The molecule has 0 fully saturated rings. The van der Waals surface area contributed by atoms with Crippen LogP contribution in [-0.4, -0.2) is 26.7 Å². The van der Waals surface area contributed by atoms with E-state index in [4.69, 9.17) is 19.9 Å². The first-order valence-corrected chi connectivity index (χ1v) is 7.99. The summed E-state index contributed by atoms with van der Waals surface area (Å²) < 4.78 is 16.0. The van der Waals surface area contributed by atoms with Crippen molar-refractivity contribution in [1.29, 1.82) is 0 Å². The van der Waals surface area contributed by atoms with E-state index in [1.165, 1.54) is 0 Å². The topological polar surface area (TPSA) is 82.8 Å². The van der Waals surface area contributed by atoms with Gasteiger partial charge in [-0.2, -0.15) is 0 Å². The third-order valence-electron chi connectivity index (χ3n) is 3.82. The maximum Gasteiger partial charge on any atom is 0.255 e. The highest BCUT2D eigenvalue weighted by atomic mass is 16.5. The number of ether oxygens (including phenoxy) is 3. The number of methoxy groups -OCH3 is 2. The zero-order valence-electron chi connectivity index (χ0n) is 14.7. The summed E-state index contributed by atoms with van der Waals surface area (Å²) in [5, 5.41) is 3.46. The van der Waals surface area contributed by atoms with Crippen LogP contribution in [0.1, 0.15) is 24.1 Å². The van der Waals surface area contributed by atoms with E-state index in [1.54, 1.807) is 14.2 Å². The van der Waals surface area contributed by atoms with Gasteiger partial charge in [-0.05, 0) is 42.8 Å². The average Bonchev–Trinajstić information content (AvgIpc) is 2.64. The minimum atomic E-state index is -0.494. The molecule has 2 aromatic carbocycles. The molecule has 134 valence electrons. The zero-order chi connectivity index (χ0) is 18.2. The quantitative estimate of drug-likeness (QED) is 0.730. The van der Waals surface area contributed by atoms with Crippen molar-refractivity contribution in [3.05, 3.63) is 53.6 Å². The number of hydrogen-bond acceptors (Lipinski definition) is 5. The van der Waals surface area contributed by atoms with E-state index in [0.29, 0.717) is 12.3 Å². The Labute approximate surface area is 147 Å². The fraction of sp³-hybridized carbons (Fsp3) is 0.316. The number of benzene rings is 2. The Kier molecular flexibility index (Phi) is 6.65. The van der Waals surface area contributed by atoms with Crippen molar-refractivity contribution in [2.75, 3.05) is 20.8 Å². The van der Waals surface area contributed by atoms with E-state index in [0.717, 1.165) is 22.6 Å². The monoisotopic (exact) mass is 344 g/mol. The Balaban J connectivity index is 1.97. The van der Waals surface area contributed by atoms with Gasteiger partial charge in [0.1, 0.15) is 17.2 Å². The molecule has 0 heterocycles. The van der Waals surface area contributed by atoms with Crippen LogP contribution in [0.5, 0.6) is 17.2 Å². The molecule has 6 heteroatoms. The summed E-state index contributed by atoms with van der Waals surface area (Å²) in [7, 11) is 3.30. The van der Waals surface area contributed by atoms with Crippen molar-refractivity contribution in [3.8, 4) is 17.2 Å². The van der Waals surface area contributed by atoms with Gasteiger partial charge in [0.25, 0.3) is 5.91 Å². The number of rotatable bonds is 9. The van der Waals surface area contributed by atoms with Gasteiger partial charge < -0.3 is 25.3 Å². The first-order valence-electron chi connectivity index (χ1n) is 7.99. The SMILES string of the molecule is COc1ccc(OC)c(C(C)NCc2ccc(OCC(N)=O)cc2)c1. The molecule has 25 heavy (non-hydrogen) atoms. The van der Waals surface area contributed by atoms with E-state index >= 15 is 0 Å². The third-order valence-corrected chi connectivity index (χ3v) is 3.82. The van der Waals surface area contributed by atoms with Crippen molar-refractivity contribution in [2.24, 2.45) is 5.73 Å². The normalized spacial score (nSPS) is 11.6. The number of nitrogens with two attached hydrogens (primary N) is 1. The summed E-state index contributed by atoms with van der Waals surface area (Å²) in [6.45, 7) is 2.63. The van der Waals surface area contributed by atoms with Crippen molar-refractivity contribution in [1.82, 2.24) is 5.32 Å². The summed E-state index contributed by atoms with van der Waals surface area (Å²) in [4.78, 5) is 10.7. The Morgan fingerprint density at radius 2 is 1.76 bits per heavy atom. The van der Waals surface area contributed by atoms with Crippen LogP contribution in [0.15, 0.2) is 42.5 Å².